The number of hydrogen-bond acceptors (Lipinski definition) is 6. The number of benzene rings is 2. The van der Waals surface area contributed by atoms with Crippen molar-refractivity contribution in [2.45, 2.75) is 19.9 Å². The van der Waals surface area contributed by atoms with Gasteiger partial charge in [0, 0.05) is 21.5 Å². The zero-order valence-corrected chi connectivity index (χ0v) is 20.1. The number of anilines is 1. The Balaban J connectivity index is 1.74. The number of thiophene rings is 1. The number of ether oxygens (including phenoxy) is 2. The van der Waals surface area contributed by atoms with Gasteiger partial charge in [0.2, 0.25) is 5.91 Å². The third-order valence-corrected chi connectivity index (χ3v) is 6.67. The number of rotatable bonds is 6. The molecule has 9 heteroatoms. The van der Waals surface area contributed by atoms with Gasteiger partial charge in [-0.05, 0) is 43.7 Å². The van der Waals surface area contributed by atoms with Gasteiger partial charge in [0.25, 0.3) is 5.56 Å². The van der Waals surface area contributed by atoms with Crippen LogP contribution in [0.25, 0.3) is 21.3 Å². The zero-order valence-electron chi connectivity index (χ0n) is 18.5. The molecule has 2 aromatic carbocycles. The van der Waals surface area contributed by atoms with E-state index in [0.717, 1.165) is 16.0 Å². The maximum atomic E-state index is 13.5. The molecule has 2 aromatic heterocycles. The molecular weight excluding hydrogens is 462 g/mol. The van der Waals surface area contributed by atoms with Crippen molar-refractivity contribution < 1.29 is 14.3 Å². The number of nitrogens with zero attached hydrogens (tertiary/aromatic N) is 2. The monoisotopic (exact) mass is 483 g/mol. The summed E-state index contributed by atoms with van der Waals surface area (Å²) in [7, 11) is 3.05. The summed E-state index contributed by atoms with van der Waals surface area (Å²) in [6.07, 6.45) is 1.42. The molecule has 2 heterocycles. The number of hydrogen-bond donors (Lipinski definition) is 1. The van der Waals surface area contributed by atoms with Crippen molar-refractivity contribution in [3.63, 3.8) is 0 Å². The third kappa shape index (κ3) is 4.31. The Morgan fingerprint density at radius 1 is 1.15 bits per heavy atom. The number of fused-ring (bicyclic) bond motifs is 1. The molecule has 1 N–H and O–H groups in total. The van der Waals surface area contributed by atoms with E-state index in [1.165, 1.54) is 36.5 Å². The van der Waals surface area contributed by atoms with E-state index in [2.05, 4.69) is 10.3 Å². The van der Waals surface area contributed by atoms with Crippen molar-refractivity contribution in [1.82, 2.24) is 9.55 Å². The van der Waals surface area contributed by atoms with Crippen LogP contribution in [-0.2, 0) is 4.79 Å². The van der Waals surface area contributed by atoms with Gasteiger partial charge in [0.1, 0.15) is 22.4 Å². The van der Waals surface area contributed by atoms with Crippen molar-refractivity contribution in [3.8, 4) is 22.6 Å². The van der Waals surface area contributed by atoms with Crippen LogP contribution in [0.5, 0.6) is 11.5 Å². The van der Waals surface area contributed by atoms with Gasteiger partial charge in [0.05, 0.1) is 31.6 Å². The lowest BCUT2D eigenvalue weighted by Crippen LogP contribution is -2.31. The Hall–Kier alpha value is -3.36. The maximum Gasteiger partial charge on any atom is 0.263 e. The minimum Gasteiger partial charge on any atom is -0.497 e. The Morgan fingerprint density at radius 3 is 2.55 bits per heavy atom. The molecule has 170 valence electrons. The fourth-order valence-corrected chi connectivity index (χ4v) is 4.76. The third-order valence-electron chi connectivity index (χ3n) is 5.41. The number of aromatic nitrogens is 2. The summed E-state index contributed by atoms with van der Waals surface area (Å²) < 4.78 is 11.9. The van der Waals surface area contributed by atoms with Crippen molar-refractivity contribution in [3.05, 3.63) is 69.0 Å². The first-order chi connectivity index (χ1) is 15.8. The Morgan fingerprint density at radius 2 is 1.88 bits per heavy atom. The largest absolute Gasteiger partial charge is 0.497 e. The normalized spacial score (nSPS) is 11.9. The second-order valence-corrected chi connectivity index (χ2v) is 9.05. The Bertz CT molecular complexity index is 1400. The summed E-state index contributed by atoms with van der Waals surface area (Å²) in [5, 5.41) is 3.93. The van der Waals surface area contributed by atoms with E-state index in [-0.39, 0.29) is 11.5 Å². The van der Waals surface area contributed by atoms with E-state index >= 15 is 0 Å². The zero-order chi connectivity index (χ0) is 23.7. The van der Waals surface area contributed by atoms with Crippen LogP contribution in [0.2, 0.25) is 5.02 Å². The van der Waals surface area contributed by atoms with Gasteiger partial charge in [-0.3, -0.25) is 14.2 Å². The fraction of sp³-hybridized carbons (Fsp3) is 0.208. The topological polar surface area (TPSA) is 82.4 Å². The van der Waals surface area contributed by atoms with Crippen LogP contribution in [0.3, 0.4) is 0 Å². The van der Waals surface area contributed by atoms with Crippen LogP contribution in [0.1, 0.15) is 17.8 Å². The number of carbonyl (C=O) groups excluding carboxylic acids is 1. The fourth-order valence-electron chi connectivity index (χ4n) is 3.63. The smallest absolute Gasteiger partial charge is 0.263 e. The van der Waals surface area contributed by atoms with Crippen molar-refractivity contribution >= 4 is 44.7 Å². The summed E-state index contributed by atoms with van der Waals surface area (Å²) in [4.78, 5) is 32.6. The predicted octanol–water partition coefficient (Wildman–Crippen LogP) is 5.30. The number of methoxy groups -OCH3 is 2. The molecule has 0 fully saturated rings. The highest BCUT2D eigenvalue weighted by atomic mass is 35.5. The van der Waals surface area contributed by atoms with Crippen LogP contribution < -0.4 is 20.3 Å². The molecule has 33 heavy (non-hydrogen) atoms. The summed E-state index contributed by atoms with van der Waals surface area (Å²) in [5.41, 5.74) is 1.84. The van der Waals surface area contributed by atoms with E-state index in [9.17, 15) is 9.59 Å². The molecule has 0 aliphatic carbocycles. The molecule has 0 aliphatic rings. The lowest BCUT2D eigenvalue weighted by molar-refractivity contribution is -0.118. The van der Waals surface area contributed by atoms with Crippen molar-refractivity contribution in [1.29, 1.82) is 0 Å². The molecule has 4 rings (SSSR count). The summed E-state index contributed by atoms with van der Waals surface area (Å²) in [6, 6.07) is 11.6. The van der Waals surface area contributed by atoms with E-state index in [1.807, 2.05) is 19.1 Å². The highest BCUT2D eigenvalue weighted by Crippen LogP contribution is 2.36. The highest BCUT2D eigenvalue weighted by molar-refractivity contribution is 7.19. The van der Waals surface area contributed by atoms with Crippen LogP contribution in [0.15, 0.2) is 53.6 Å². The quantitative estimate of drug-likeness (QED) is 0.402. The molecule has 0 saturated carbocycles. The first kappa shape index (κ1) is 22.8. The molecular formula is C24H22ClN3O4S. The molecule has 1 unspecified atom stereocenters. The van der Waals surface area contributed by atoms with Crippen molar-refractivity contribution in [2.75, 3.05) is 19.5 Å². The minimum atomic E-state index is -0.816. The minimum absolute atomic E-state index is 0.283. The van der Waals surface area contributed by atoms with Gasteiger partial charge in [0.15, 0.2) is 0 Å². The Kier molecular flexibility index (Phi) is 6.40. The average molecular weight is 484 g/mol. The molecule has 0 radical (unpaired) electrons. The molecule has 0 saturated heterocycles. The second kappa shape index (κ2) is 9.25. The first-order valence-electron chi connectivity index (χ1n) is 10.1. The first-order valence-corrected chi connectivity index (χ1v) is 11.3. The van der Waals surface area contributed by atoms with Crippen molar-refractivity contribution in [2.24, 2.45) is 0 Å². The lowest BCUT2D eigenvalue weighted by Gasteiger charge is -2.17. The Labute approximate surface area is 199 Å². The summed E-state index contributed by atoms with van der Waals surface area (Å²) in [5.74, 6) is 0.668. The van der Waals surface area contributed by atoms with Gasteiger partial charge < -0.3 is 14.8 Å². The van der Waals surface area contributed by atoms with Gasteiger partial charge in [-0.15, -0.1) is 11.3 Å². The highest BCUT2D eigenvalue weighted by Gasteiger charge is 2.23. The average Bonchev–Trinajstić information content (AvgIpc) is 3.16. The van der Waals surface area contributed by atoms with E-state index < -0.39 is 6.04 Å². The number of carbonyl (C=O) groups is 1. The number of halogens is 1. The van der Waals surface area contributed by atoms with Gasteiger partial charge in [-0.2, -0.15) is 0 Å². The second-order valence-electron chi connectivity index (χ2n) is 7.41. The SMILES string of the molecule is COc1ccc(OC)c(NC(=O)C(C)n2cnc3sc(C)c(-c4ccc(Cl)cc4)c3c2=O)c1. The van der Waals surface area contributed by atoms with Crippen LogP contribution in [0.4, 0.5) is 5.69 Å². The standard InChI is InChI=1S/C24H22ClN3O4S/c1-13(22(29)27-18-11-17(31-3)9-10-19(18)32-4)28-12-26-23-21(24(28)30)20(14(2)33-23)15-5-7-16(25)8-6-15/h5-13H,1-4H3,(H,27,29). The number of aryl methyl sites for hydroxylation is 1. The lowest BCUT2D eigenvalue weighted by atomic mass is 10.0. The summed E-state index contributed by atoms with van der Waals surface area (Å²) in [6.45, 7) is 3.60. The van der Waals surface area contributed by atoms with Gasteiger partial charge in [-0.1, -0.05) is 23.7 Å². The molecule has 0 aliphatic heterocycles. The summed E-state index contributed by atoms with van der Waals surface area (Å²) >= 11 is 7.48. The van der Waals surface area contributed by atoms with E-state index in [0.29, 0.717) is 32.4 Å². The molecule has 0 spiro atoms. The molecule has 0 bridgehead atoms. The molecule has 7 nitrogen and oxygen atoms in total. The molecule has 1 amide bonds. The maximum absolute atomic E-state index is 13.5. The van der Waals surface area contributed by atoms with Crippen LogP contribution in [-0.4, -0.2) is 29.7 Å². The van der Waals surface area contributed by atoms with Crippen LogP contribution in [0, 0.1) is 6.92 Å². The van der Waals surface area contributed by atoms with Gasteiger partial charge in [-0.25, -0.2) is 4.98 Å². The predicted molar refractivity (Wildman–Crippen MR) is 132 cm³/mol. The number of amides is 1. The van der Waals surface area contributed by atoms with E-state index in [4.69, 9.17) is 21.1 Å². The number of nitrogens with one attached hydrogen (secondary N) is 1. The van der Waals surface area contributed by atoms with E-state index in [1.54, 1.807) is 37.3 Å². The van der Waals surface area contributed by atoms with Gasteiger partial charge >= 0.3 is 0 Å². The van der Waals surface area contributed by atoms with Crippen LogP contribution >= 0.6 is 22.9 Å². The molecule has 4 aromatic rings. The molecule has 1 atom stereocenters.